The molecular formula is C20H25N7O4S. The highest BCUT2D eigenvalue weighted by molar-refractivity contribution is 7.89. The molecule has 170 valence electrons. The maximum absolute atomic E-state index is 12.3. The molecule has 0 radical (unpaired) electrons. The Balaban J connectivity index is 1.79. The highest BCUT2D eigenvalue weighted by atomic mass is 32.2. The standard InChI is InChI=1S/C20H25N7O4S/c1-14(2)27-18(12-22-19(27)13-23-28)17-8-9-21-20(26-17)25-15-4-6-16(7-5-15)32(29,30)24-10-11-31-3/h4-9,12,14,24H,10-11,13H2,1-3H3,(H,21,25,26). The number of aromatic nitrogens is 4. The van der Waals surface area contributed by atoms with E-state index in [2.05, 4.69) is 30.2 Å². The Morgan fingerprint density at radius 2 is 1.91 bits per heavy atom. The summed E-state index contributed by atoms with van der Waals surface area (Å²) < 4.78 is 33.8. The summed E-state index contributed by atoms with van der Waals surface area (Å²) in [6.07, 6.45) is 3.27. The SMILES string of the molecule is COCCNS(=O)(=O)c1ccc(Nc2nccc(-c3cnc(CN=O)n3C(C)C)n2)cc1. The molecule has 32 heavy (non-hydrogen) atoms. The average molecular weight is 460 g/mol. The highest BCUT2D eigenvalue weighted by Crippen LogP contribution is 2.25. The van der Waals surface area contributed by atoms with Crippen molar-refractivity contribution in [1.29, 1.82) is 0 Å². The zero-order valence-electron chi connectivity index (χ0n) is 18.0. The topological polar surface area (TPSA) is 140 Å². The second-order valence-electron chi connectivity index (χ2n) is 7.12. The van der Waals surface area contributed by atoms with Crippen molar-refractivity contribution in [1.82, 2.24) is 24.2 Å². The minimum atomic E-state index is -3.61. The van der Waals surface area contributed by atoms with Crippen LogP contribution in [0.25, 0.3) is 11.4 Å². The van der Waals surface area contributed by atoms with Gasteiger partial charge < -0.3 is 14.6 Å². The summed E-state index contributed by atoms with van der Waals surface area (Å²) in [4.78, 5) is 23.9. The average Bonchev–Trinajstić information content (AvgIpc) is 3.19. The van der Waals surface area contributed by atoms with Gasteiger partial charge >= 0.3 is 0 Å². The number of imidazole rings is 1. The largest absolute Gasteiger partial charge is 0.383 e. The van der Waals surface area contributed by atoms with Crippen LogP contribution < -0.4 is 10.0 Å². The Hall–Kier alpha value is -3.22. The molecule has 2 N–H and O–H groups in total. The number of anilines is 2. The lowest BCUT2D eigenvalue weighted by Gasteiger charge is -2.14. The van der Waals surface area contributed by atoms with Crippen LogP contribution in [0.4, 0.5) is 11.6 Å². The van der Waals surface area contributed by atoms with Gasteiger partial charge in [-0.3, -0.25) is 0 Å². The Morgan fingerprint density at radius 3 is 2.56 bits per heavy atom. The normalized spacial score (nSPS) is 11.6. The molecule has 0 amide bonds. The van der Waals surface area contributed by atoms with Crippen LogP contribution in [0.3, 0.4) is 0 Å². The Bertz CT molecular complexity index is 1160. The van der Waals surface area contributed by atoms with Crippen LogP contribution >= 0.6 is 0 Å². The van der Waals surface area contributed by atoms with Gasteiger partial charge in [0, 0.05) is 31.6 Å². The molecule has 11 nitrogen and oxygen atoms in total. The van der Waals surface area contributed by atoms with Crippen LogP contribution in [0, 0.1) is 4.91 Å². The molecular weight excluding hydrogens is 434 g/mol. The summed E-state index contributed by atoms with van der Waals surface area (Å²) in [5.41, 5.74) is 2.00. The first kappa shape index (κ1) is 23.4. The number of hydrogen-bond acceptors (Lipinski definition) is 9. The molecule has 0 atom stereocenters. The van der Waals surface area contributed by atoms with E-state index in [9.17, 15) is 13.3 Å². The van der Waals surface area contributed by atoms with Crippen molar-refractivity contribution in [3.8, 4) is 11.4 Å². The third kappa shape index (κ3) is 5.52. The van der Waals surface area contributed by atoms with Crippen molar-refractivity contribution < 1.29 is 13.2 Å². The first-order chi connectivity index (χ1) is 15.4. The predicted molar refractivity (Wildman–Crippen MR) is 120 cm³/mol. The number of hydrogen-bond donors (Lipinski definition) is 2. The van der Waals surface area contributed by atoms with Crippen molar-refractivity contribution in [3.63, 3.8) is 0 Å². The highest BCUT2D eigenvalue weighted by Gasteiger charge is 2.16. The number of rotatable bonds is 11. The monoisotopic (exact) mass is 459 g/mol. The number of methoxy groups -OCH3 is 1. The fourth-order valence-corrected chi connectivity index (χ4v) is 4.12. The first-order valence-corrected chi connectivity index (χ1v) is 11.4. The smallest absolute Gasteiger partial charge is 0.240 e. The summed E-state index contributed by atoms with van der Waals surface area (Å²) in [5.74, 6) is 0.900. The van der Waals surface area contributed by atoms with E-state index in [1.165, 1.54) is 19.2 Å². The number of ether oxygens (including phenoxy) is 1. The zero-order valence-corrected chi connectivity index (χ0v) is 18.8. The van der Waals surface area contributed by atoms with Crippen molar-refractivity contribution >= 4 is 21.7 Å². The van der Waals surface area contributed by atoms with Gasteiger partial charge in [-0.05, 0) is 44.2 Å². The molecule has 2 heterocycles. The molecule has 12 heteroatoms. The van der Waals surface area contributed by atoms with Gasteiger partial charge in [-0.1, -0.05) is 5.18 Å². The van der Waals surface area contributed by atoms with Crippen LogP contribution in [0.15, 0.2) is 52.8 Å². The second kappa shape index (κ2) is 10.4. The molecule has 3 aromatic rings. The van der Waals surface area contributed by atoms with Crippen LogP contribution in [0.5, 0.6) is 0 Å². The van der Waals surface area contributed by atoms with Gasteiger partial charge in [-0.2, -0.15) is 4.91 Å². The van der Waals surface area contributed by atoms with E-state index in [1.54, 1.807) is 30.6 Å². The molecule has 2 aromatic heterocycles. The van der Waals surface area contributed by atoms with Gasteiger partial charge in [0.15, 0.2) is 0 Å². The van der Waals surface area contributed by atoms with Crippen LogP contribution in [0.1, 0.15) is 25.7 Å². The van der Waals surface area contributed by atoms with Crippen molar-refractivity contribution in [2.24, 2.45) is 5.18 Å². The molecule has 0 aliphatic carbocycles. The van der Waals surface area contributed by atoms with Gasteiger partial charge in [-0.25, -0.2) is 28.1 Å². The third-order valence-corrected chi connectivity index (χ3v) is 6.01. The Kier molecular flexibility index (Phi) is 7.62. The van der Waals surface area contributed by atoms with Crippen LogP contribution in [-0.4, -0.2) is 48.2 Å². The zero-order chi connectivity index (χ0) is 23.1. The third-order valence-electron chi connectivity index (χ3n) is 4.53. The number of benzene rings is 1. The van der Waals surface area contributed by atoms with E-state index in [4.69, 9.17) is 4.74 Å². The fraction of sp³-hybridized carbons (Fsp3) is 0.350. The van der Waals surface area contributed by atoms with Crippen LogP contribution in [-0.2, 0) is 21.3 Å². The minimum Gasteiger partial charge on any atom is -0.383 e. The molecule has 0 unspecified atom stereocenters. The predicted octanol–water partition coefficient (Wildman–Crippen LogP) is 2.86. The summed E-state index contributed by atoms with van der Waals surface area (Å²) in [7, 11) is -2.11. The molecule has 0 spiro atoms. The quantitative estimate of drug-likeness (QED) is 0.329. The summed E-state index contributed by atoms with van der Waals surface area (Å²) >= 11 is 0. The number of nitrogens with zero attached hydrogens (tertiary/aromatic N) is 5. The summed E-state index contributed by atoms with van der Waals surface area (Å²) in [5, 5.41) is 6.01. The van der Waals surface area contributed by atoms with E-state index in [0.29, 0.717) is 23.2 Å². The molecule has 0 saturated heterocycles. The first-order valence-electron chi connectivity index (χ1n) is 9.90. The van der Waals surface area contributed by atoms with E-state index in [0.717, 1.165) is 5.69 Å². The van der Waals surface area contributed by atoms with E-state index in [-0.39, 0.29) is 30.6 Å². The molecule has 1 aromatic carbocycles. The molecule has 0 aliphatic rings. The Morgan fingerprint density at radius 1 is 1.16 bits per heavy atom. The van der Waals surface area contributed by atoms with Gasteiger partial charge in [0.25, 0.3) is 0 Å². The summed E-state index contributed by atoms with van der Waals surface area (Å²) in [6, 6.07) is 8.06. The van der Waals surface area contributed by atoms with Gasteiger partial charge in [0.2, 0.25) is 16.0 Å². The lowest BCUT2D eigenvalue weighted by atomic mass is 10.2. The van der Waals surface area contributed by atoms with E-state index < -0.39 is 10.0 Å². The van der Waals surface area contributed by atoms with Crippen LogP contribution in [0.2, 0.25) is 0 Å². The maximum Gasteiger partial charge on any atom is 0.240 e. The molecule has 0 fully saturated rings. The van der Waals surface area contributed by atoms with Crippen molar-refractivity contribution in [2.45, 2.75) is 31.3 Å². The fourth-order valence-electron chi connectivity index (χ4n) is 3.11. The maximum atomic E-state index is 12.3. The van der Waals surface area contributed by atoms with E-state index >= 15 is 0 Å². The summed E-state index contributed by atoms with van der Waals surface area (Å²) in [6.45, 7) is 4.43. The lowest BCUT2D eigenvalue weighted by Crippen LogP contribution is -2.27. The molecule has 0 aliphatic heterocycles. The number of nitrogens with one attached hydrogen (secondary N) is 2. The number of sulfonamides is 1. The lowest BCUT2D eigenvalue weighted by molar-refractivity contribution is 0.204. The van der Waals surface area contributed by atoms with E-state index in [1.807, 2.05) is 18.4 Å². The number of nitroso groups, excluding NO2 is 1. The second-order valence-corrected chi connectivity index (χ2v) is 8.88. The molecule has 0 bridgehead atoms. The van der Waals surface area contributed by atoms with Gasteiger partial charge in [0.05, 0.1) is 29.1 Å². The van der Waals surface area contributed by atoms with Gasteiger partial charge in [-0.15, -0.1) is 0 Å². The molecule has 0 saturated carbocycles. The van der Waals surface area contributed by atoms with Crippen molar-refractivity contribution in [2.75, 3.05) is 25.6 Å². The van der Waals surface area contributed by atoms with Crippen molar-refractivity contribution in [3.05, 3.63) is 53.5 Å². The minimum absolute atomic E-state index is 0.0239. The Labute approximate surface area is 186 Å². The van der Waals surface area contributed by atoms with Gasteiger partial charge in [0.1, 0.15) is 12.4 Å². The molecule has 3 rings (SSSR count).